The van der Waals surface area contributed by atoms with E-state index in [0.717, 1.165) is 15.8 Å². The van der Waals surface area contributed by atoms with E-state index in [9.17, 15) is 9.59 Å². The van der Waals surface area contributed by atoms with Crippen molar-refractivity contribution in [2.75, 3.05) is 10.6 Å². The number of hydrogen-bond acceptors (Lipinski definition) is 6. The third-order valence-electron chi connectivity index (χ3n) is 3.49. The molecule has 7 nitrogen and oxygen atoms in total. The molecule has 9 heteroatoms. The number of aryl methyl sites for hydroxylation is 1. The van der Waals surface area contributed by atoms with Crippen molar-refractivity contribution in [2.45, 2.75) is 26.7 Å². The minimum atomic E-state index is -0.169. The van der Waals surface area contributed by atoms with Crippen LogP contribution in [0.1, 0.15) is 24.6 Å². The van der Waals surface area contributed by atoms with Gasteiger partial charge in [-0.25, -0.2) is 4.98 Å². The van der Waals surface area contributed by atoms with Crippen molar-refractivity contribution in [3.05, 3.63) is 34.7 Å². The second-order valence-corrected chi connectivity index (χ2v) is 6.83. The molecule has 0 aliphatic heterocycles. The zero-order chi connectivity index (χ0) is 18.0. The minimum absolute atomic E-state index is 0.139. The molecule has 130 valence electrons. The number of carbonyl (C=O) groups is 2. The molecule has 0 atom stereocenters. The maximum Gasteiger partial charge on any atom is 0.229 e. The van der Waals surface area contributed by atoms with Crippen molar-refractivity contribution in [1.82, 2.24) is 10.1 Å². The van der Waals surface area contributed by atoms with Gasteiger partial charge in [-0.05, 0) is 43.1 Å². The Kier molecular flexibility index (Phi) is 5.00. The van der Waals surface area contributed by atoms with Gasteiger partial charge in [-0.1, -0.05) is 16.5 Å². The van der Waals surface area contributed by atoms with E-state index in [0.29, 0.717) is 22.9 Å². The largest absolute Gasteiger partial charge is 0.344 e. The Morgan fingerprint density at radius 1 is 1.32 bits per heavy atom. The van der Waals surface area contributed by atoms with Crippen LogP contribution >= 0.6 is 22.9 Å². The first-order chi connectivity index (χ1) is 11.9. The highest BCUT2D eigenvalue weighted by Gasteiger charge is 2.14. The topological polar surface area (TPSA) is 97.1 Å². The lowest BCUT2D eigenvalue weighted by atomic mass is 10.1. The Morgan fingerprint density at radius 2 is 2.12 bits per heavy atom. The molecule has 0 spiro atoms. The average Bonchev–Trinajstić information content (AvgIpc) is 3.07. The first-order valence-electron chi connectivity index (χ1n) is 7.51. The molecule has 25 heavy (non-hydrogen) atoms. The number of nitrogens with one attached hydrogen (secondary N) is 2. The van der Waals surface area contributed by atoms with E-state index in [2.05, 4.69) is 20.8 Å². The lowest BCUT2D eigenvalue weighted by Gasteiger charge is -2.00. The fourth-order valence-corrected chi connectivity index (χ4v) is 3.51. The molecular weight excluding hydrogens is 364 g/mol. The van der Waals surface area contributed by atoms with Gasteiger partial charge in [-0.3, -0.25) is 9.59 Å². The van der Waals surface area contributed by atoms with E-state index in [1.54, 1.807) is 19.1 Å². The van der Waals surface area contributed by atoms with Crippen LogP contribution in [0.2, 0.25) is 5.22 Å². The molecule has 0 radical (unpaired) electrons. The van der Waals surface area contributed by atoms with Gasteiger partial charge in [0.2, 0.25) is 17.0 Å². The maximum atomic E-state index is 12.1. The van der Waals surface area contributed by atoms with E-state index < -0.39 is 0 Å². The molecule has 2 amide bonds. The number of benzene rings is 1. The van der Waals surface area contributed by atoms with Crippen LogP contribution in [0.4, 0.5) is 10.8 Å². The molecule has 0 bridgehead atoms. The summed E-state index contributed by atoms with van der Waals surface area (Å²) in [4.78, 5) is 27.6. The molecule has 3 rings (SSSR count). The van der Waals surface area contributed by atoms with E-state index >= 15 is 0 Å². The lowest BCUT2D eigenvalue weighted by molar-refractivity contribution is -0.116. The third kappa shape index (κ3) is 4.15. The Bertz CT molecular complexity index is 931. The standard InChI is InChI=1S/C16H15ClN4O3S/c1-8-11(15(17)24-21-8)4-6-14(23)20-16-19-12-5-3-10(18-9(2)22)7-13(12)25-16/h3,5,7H,4,6H2,1-2H3,(H,18,22)(H,19,20,23). The molecule has 2 N–H and O–H groups in total. The molecule has 0 saturated heterocycles. The van der Waals surface area contributed by atoms with Crippen molar-refractivity contribution in [3.8, 4) is 0 Å². The first-order valence-corrected chi connectivity index (χ1v) is 8.70. The average molecular weight is 379 g/mol. The van der Waals surface area contributed by atoms with Crippen molar-refractivity contribution >= 4 is 55.8 Å². The summed E-state index contributed by atoms with van der Waals surface area (Å²) in [6.07, 6.45) is 0.687. The van der Waals surface area contributed by atoms with Crippen LogP contribution in [0.3, 0.4) is 0 Å². The predicted molar refractivity (Wildman–Crippen MR) is 97.1 cm³/mol. The highest BCUT2D eigenvalue weighted by atomic mass is 35.5. The fraction of sp³-hybridized carbons (Fsp3) is 0.250. The highest BCUT2D eigenvalue weighted by molar-refractivity contribution is 7.22. The number of hydrogen-bond donors (Lipinski definition) is 2. The summed E-state index contributed by atoms with van der Waals surface area (Å²) >= 11 is 7.24. The number of thiazole rings is 1. The normalized spacial score (nSPS) is 10.8. The molecule has 0 aliphatic rings. The monoisotopic (exact) mass is 378 g/mol. The van der Waals surface area contributed by atoms with E-state index in [1.165, 1.54) is 18.3 Å². The van der Waals surface area contributed by atoms with Crippen molar-refractivity contribution < 1.29 is 14.1 Å². The number of carbonyl (C=O) groups excluding carboxylic acids is 2. The van der Waals surface area contributed by atoms with Crippen molar-refractivity contribution in [1.29, 1.82) is 0 Å². The number of anilines is 2. The zero-order valence-corrected chi connectivity index (χ0v) is 15.1. The molecule has 0 saturated carbocycles. The van der Waals surface area contributed by atoms with Crippen LogP contribution in [0.15, 0.2) is 22.7 Å². The smallest absolute Gasteiger partial charge is 0.229 e. The number of nitrogens with zero attached hydrogens (tertiary/aromatic N) is 2. The van der Waals surface area contributed by atoms with E-state index in [-0.39, 0.29) is 23.5 Å². The van der Waals surface area contributed by atoms with Gasteiger partial charge in [0.25, 0.3) is 0 Å². The van der Waals surface area contributed by atoms with Gasteiger partial charge in [0.15, 0.2) is 5.13 Å². The van der Waals surface area contributed by atoms with Crippen LogP contribution in [-0.2, 0) is 16.0 Å². The summed E-state index contributed by atoms with van der Waals surface area (Å²) in [5.41, 5.74) is 2.87. The van der Waals surface area contributed by atoms with E-state index in [1.807, 2.05) is 6.07 Å². The molecule has 0 aliphatic carbocycles. The van der Waals surface area contributed by atoms with Crippen molar-refractivity contribution in [2.24, 2.45) is 0 Å². The zero-order valence-electron chi connectivity index (χ0n) is 13.6. The Balaban J connectivity index is 1.65. The van der Waals surface area contributed by atoms with Gasteiger partial charge < -0.3 is 15.2 Å². The van der Waals surface area contributed by atoms with Crippen LogP contribution in [0.25, 0.3) is 10.2 Å². The molecule has 2 heterocycles. The van der Waals surface area contributed by atoms with Gasteiger partial charge in [-0.15, -0.1) is 0 Å². The Morgan fingerprint density at radius 3 is 2.80 bits per heavy atom. The molecule has 1 aromatic carbocycles. The number of rotatable bonds is 5. The highest BCUT2D eigenvalue weighted by Crippen LogP contribution is 2.28. The minimum Gasteiger partial charge on any atom is -0.344 e. The van der Waals surface area contributed by atoms with Gasteiger partial charge in [-0.2, -0.15) is 0 Å². The predicted octanol–water partition coefficient (Wildman–Crippen LogP) is 3.78. The van der Waals surface area contributed by atoms with Crippen LogP contribution in [0.5, 0.6) is 0 Å². The van der Waals surface area contributed by atoms with Gasteiger partial charge in [0.1, 0.15) is 0 Å². The summed E-state index contributed by atoms with van der Waals surface area (Å²) in [7, 11) is 0. The molecule has 0 fully saturated rings. The Labute approximate surface area is 152 Å². The fourth-order valence-electron chi connectivity index (χ4n) is 2.32. The summed E-state index contributed by atoms with van der Waals surface area (Å²) in [5.74, 6) is -0.308. The molecule has 2 aromatic heterocycles. The van der Waals surface area contributed by atoms with Crippen LogP contribution in [-0.4, -0.2) is 22.0 Å². The number of halogens is 1. The van der Waals surface area contributed by atoms with Crippen LogP contribution < -0.4 is 10.6 Å². The molecular formula is C16H15ClN4O3S. The number of amides is 2. The lowest BCUT2D eigenvalue weighted by Crippen LogP contribution is -2.12. The van der Waals surface area contributed by atoms with Gasteiger partial charge in [0, 0.05) is 24.6 Å². The van der Waals surface area contributed by atoms with Gasteiger partial charge >= 0.3 is 0 Å². The number of fused-ring (bicyclic) bond motifs is 1. The number of aromatic nitrogens is 2. The quantitative estimate of drug-likeness (QED) is 0.704. The summed E-state index contributed by atoms with van der Waals surface area (Å²) in [5, 5.41) is 9.98. The maximum absolute atomic E-state index is 12.1. The van der Waals surface area contributed by atoms with E-state index in [4.69, 9.17) is 16.1 Å². The molecule has 0 unspecified atom stereocenters. The first kappa shape index (κ1) is 17.4. The van der Waals surface area contributed by atoms with Gasteiger partial charge in [0.05, 0.1) is 15.9 Å². The molecule has 3 aromatic rings. The third-order valence-corrected chi connectivity index (χ3v) is 4.72. The Hall–Kier alpha value is -2.45. The second kappa shape index (κ2) is 7.20. The summed E-state index contributed by atoms with van der Waals surface area (Å²) in [6, 6.07) is 5.39. The van der Waals surface area contributed by atoms with Crippen LogP contribution in [0, 0.1) is 6.92 Å². The second-order valence-electron chi connectivity index (χ2n) is 5.45. The van der Waals surface area contributed by atoms with Crippen molar-refractivity contribution in [3.63, 3.8) is 0 Å². The summed E-state index contributed by atoms with van der Waals surface area (Å²) in [6.45, 7) is 3.23. The summed E-state index contributed by atoms with van der Waals surface area (Å²) < 4.78 is 5.74. The SMILES string of the molecule is CC(=O)Nc1ccc2nc(NC(=O)CCc3c(C)noc3Cl)sc2c1.